The molecule has 4 nitrogen and oxygen atoms in total. The molecule has 1 aromatic rings. The highest BCUT2D eigenvalue weighted by Gasteiger charge is 2.12. The van der Waals surface area contributed by atoms with Crippen LogP contribution in [0.4, 0.5) is 0 Å². The van der Waals surface area contributed by atoms with Crippen molar-refractivity contribution in [1.82, 2.24) is 15.1 Å². The maximum Gasteiger partial charge on any atom is 0.118 e. The molecule has 0 aliphatic carbocycles. The van der Waals surface area contributed by atoms with Gasteiger partial charge in [0.25, 0.3) is 0 Å². The third-order valence-corrected chi connectivity index (χ3v) is 3.84. The highest BCUT2D eigenvalue weighted by Crippen LogP contribution is 2.11. The predicted octanol–water partition coefficient (Wildman–Crippen LogP) is 2.31. The Balaban J connectivity index is 1.69. The smallest absolute Gasteiger partial charge is 0.118 e. The highest BCUT2D eigenvalue weighted by molar-refractivity contribution is 5.12. The average Bonchev–Trinajstić information content (AvgIpc) is 3.05. The molecule has 0 atom stereocenters. The van der Waals surface area contributed by atoms with Gasteiger partial charge < -0.3 is 14.6 Å². The van der Waals surface area contributed by atoms with Crippen LogP contribution < -0.4 is 5.32 Å². The second kappa shape index (κ2) is 7.81. The number of hydrogen-bond donors (Lipinski definition) is 1. The summed E-state index contributed by atoms with van der Waals surface area (Å²) in [7, 11) is 2.17. The Morgan fingerprint density at radius 2 is 2.10 bits per heavy atom. The molecule has 0 bridgehead atoms. The summed E-state index contributed by atoms with van der Waals surface area (Å²) in [4.78, 5) is 4.90. The van der Waals surface area contributed by atoms with Crippen molar-refractivity contribution in [1.29, 1.82) is 0 Å². The Kier molecular flexibility index (Phi) is 6.07. The maximum absolute atomic E-state index is 5.64. The van der Waals surface area contributed by atoms with Gasteiger partial charge in [-0.3, -0.25) is 4.90 Å². The zero-order valence-electron chi connectivity index (χ0n) is 13.2. The minimum Gasteiger partial charge on any atom is -0.468 e. The van der Waals surface area contributed by atoms with E-state index in [9.17, 15) is 0 Å². The van der Waals surface area contributed by atoms with E-state index in [1.54, 1.807) is 0 Å². The van der Waals surface area contributed by atoms with Gasteiger partial charge in [0.1, 0.15) is 5.76 Å². The second-order valence-corrected chi connectivity index (χ2v) is 6.24. The molecule has 1 aliphatic rings. The van der Waals surface area contributed by atoms with Gasteiger partial charge in [-0.1, -0.05) is 13.8 Å². The number of nitrogens with one attached hydrogen (secondary N) is 1. The van der Waals surface area contributed by atoms with Crippen LogP contribution in [0.3, 0.4) is 0 Å². The number of furan rings is 1. The first-order valence-corrected chi connectivity index (χ1v) is 7.84. The monoisotopic (exact) mass is 279 g/mol. The zero-order valence-corrected chi connectivity index (χ0v) is 13.2. The van der Waals surface area contributed by atoms with E-state index in [0.717, 1.165) is 25.4 Å². The van der Waals surface area contributed by atoms with Crippen molar-refractivity contribution in [2.24, 2.45) is 0 Å². The minimum absolute atomic E-state index is 0.511. The molecule has 2 heterocycles. The molecule has 4 heteroatoms. The molecule has 0 unspecified atom stereocenters. The van der Waals surface area contributed by atoms with Crippen LogP contribution in [0.15, 0.2) is 16.7 Å². The lowest BCUT2D eigenvalue weighted by atomic mass is 10.3. The molecule has 0 aromatic carbocycles. The van der Waals surface area contributed by atoms with Crippen molar-refractivity contribution in [2.45, 2.75) is 45.8 Å². The number of likely N-dealkylation sites (N-methyl/N-ethyl adjacent to an activating group) is 1. The Labute approximate surface area is 123 Å². The molecule has 2 rings (SSSR count). The minimum atomic E-state index is 0.511. The van der Waals surface area contributed by atoms with E-state index >= 15 is 0 Å². The van der Waals surface area contributed by atoms with Crippen LogP contribution in [0.1, 0.15) is 38.0 Å². The average molecular weight is 279 g/mol. The fraction of sp³-hybridized carbons (Fsp3) is 0.750. The highest BCUT2D eigenvalue weighted by atomic mass is 16.3. The molecule has 1 N–H and O–H groups in total. The lowest BCUT2D eigenvalue weighted by molar-refractivity contribution is 0.239. The van der Waals surface area contributed by atoms with Crippen molar-refractivity contribution in [3.63, 3.8) is 0 Å². The largest absolute Gasteiger partial charge is 0.468 e. The Morgan fingerprint density at radius 1 is 1.35 bits per heavy atom. The van der Waals surface area contributed by atoms with E-state index in [1.165, 1.54) is 38.0 Å². The van der Waals surface area contributed by atoms with Crippen molar-refractivity contribution in [3.05, 3.63) is 23.7 Å². The number of rotatable bonds is 8. The molecular weight excluding hydrogens is 250 g/mol. The van der Waals surface area contributed by atoms with Crippen molar-refractivity contribution in [3.8, 4) is 0 Å². The summed E-state index contributed by atoms with van der Waals surface area (Å²) in [6.07, 6.45) is 4.61. The molecular formula is C16H29N3O. The number of hydrogen-bond acceptors (Lipinski definition) is 4. The van der Waals surface area contributed by atoms with Gasteiger partial charge in [0.15, 0.2) is 0 Å². The lowest BCUT2D eigenvalue weighted by Crippen LogP contribution is -2.31. The second-order valence-electron chi connectivity index (χ2n) is 6.24. The number of nitrogens with zero attached hydrogens (tertiary/aromatic N) is 2. The molecule has 1 aromatic heterocycles. The standard InChI is InChI=1S/C16H29N3O/c1-14(2)17-11-15-10-16(20-13-15)12-18(3)8-9-19-6-4-5-7-19/h10,13-14,17H,4-9,11-12H2,1-3H3. The van der Waals surface area contributed by atoms with E-state index in [1.807, 2.05) is 6.26 Å². The summed E-state index contributed by atoms with van der Waals surface area (Å²) in [5.41, 5.74) is 1.24. The van der Waals surface area contributed by atoms with E-state index < -0.39 is 0 Å². The SMILES string of the molecule is CC(C)NCc1coc(CN(C)CCN2CCCC2)c1. The first-order valence-electron chi connectivity index (χ1n) is 7.84. The topological polar surface area (TPSA) is 31.7 Å². The third-order valence-electron chi connectivity index (χ3n) is 3.84. The molecule has 1 fully saturated rings. The van der Waals surface area contributed by atoms with Gasteiger partial charge >= 0.3 is 0 Å². The molecule has 20 heavy (non-hydrogen) atoms. The molecule has 0 amide bonds. The van der Waals surface area contributed by atoms with Crippen LogP contribution in [0.25, 0.3) is 0 Å². The fourth-order valence-electron chi connectivity index (χ4n) is 2.59. The van der Waals surface area contributed by atoms with Crippen LogP contribution in [-0.2, 0) is 13.1 Å². The Morgan fingerprint density at radius 3 is 2.80 bits per heavy atom. The van der Waals surface area contributed by atoms with Crippen LogP contribution in [0.2, 0.25) is 0 Å². The maximum atomic E-state index is 5.64. The Hall–Kier alpha value is -0.840. The molecule has 0 saturated carbocycles. The van der Waals surface area contributed by atoms with Gasteiger partial charge in [0, 0.05) is 31.2 Å². The summed E-state index contributed by atoms with van der Waals surface area (Å²) in [5.74, 6) is 1.06. The summed E-state index contributed by atoms with van der Waals surface area (Å²) in [6.45, 7) is 11.0. The van der Waals surface area contributed by atoms with Crippen LogP contribution in [-0.4, -0.2) is 49.1 Å². The zero-order chi connectivity index (χ0) is 14.4. The van der Waals surface area contributed by atoms with E-state index in [2.05, 4.69) is 42.1 Å². The quantitative estimate of drug-likeness (QED) is 0.791. The van der Waals surface area contributed by atoms with Crippen LogP contribution >= 0.6 is 0 Å². The summed E-state index contributed by atoms with van der Waals surface area (Å²) < 4.78 is 5.64. The first-order chi connectivity index (χ1) is 9.63. The molecule has 114 valence electrons. The summed E-state index contributed by atoms with van der Waals surface area (Å²) >= 11 is 0. The molecule has 0 spiro atoms. The number of likely N-dealkylation sites (tertiary alicyclic amines) is 1. The van der Waals surface area contributed by atoms with E-state index in [0.29, 0.717) is 6.04 Å². The van der Waals surface area contributed by atoms with Gasteiger partial charge in [-0.2, -0.15) is 0 Å². The first kappa shape index (κ1) is 15.5. The predicted molar refractivity (Wildman–Crippen MR) is 82.7 cm³/mol. The van der Waals surface area contributed by atoms with Crippen LogP contribution in [0.5, 0.6) is 0 Å². The van der Waals surface area contributed by atoms with Crippen molar-refractivity contribution in [2.75, 3.05) is 33.2 Å². The van der Waals surface area contributed by atoms with Crippen LogP contribution in [0, 0.1) is 0 Å². The van der Waals surface area contributed by atoms with Gasteiger partial charge in [0.2, 0.25) is 0 Å². The third kappa shape index (κ3) is 5.27. The molecule has 0 radical (unpaired) electrons. The van der Waals surface area contributed by atoms with E-state index in [4.69, 9.17) is 4.42 Å². The molecule has 1 saturated heterocycles. The Bertz CT molecular complexity index is 383. The fourth-order valence-corrected chi connectivity index (χ4v) is 2.59. The summed E-state index contributed by atoms with van der Waals surface area (Å²) in [6, 6.07) is 2.68. The van der Waals surface area contributed by atoms with Gasteiger partial charge in [-0.25, -0.2) is 0 Å². The molecule has 1 aliphatic heterocycles. The normalized spacial score (nSPS) is 16.6. The van der Waals surface area contributed by atoms with Crippen molar-refractivity contribution >= 4 is 0 Å². The van der Waals surface area contributed by atoms with Gasteiger partial charge in [-0.15, -0.1) is 0 Å². The lowest BCUT2D eigenvalue weighted by Gasteiger charge is -2.20. The van der Waals surface area contributed by atoms with E-state index in [-0.39, 0.29) is 0 Å². The van der Waals surface area contributed by atoms with Crippen molar-refractivity contribution < 1.29 is 4.42 Å². The van der Waals surface area contributed by atoms with Gasteiger partial charge in [0.05, 0.1) is 12.8 Å². The van der Waals surface area contributed by atoms with Gasteiger partial charge in [-0.05, 0) is 39.0 Å². The summed E-state index contributed by atoms with van der Waals surface area (Å²) in [5, 5.41) is 3.41.